The zero-order valence-electron chi connectivity index (χ0n) is 21.2. The van der Waals surface area contributed by atoms with E-state index in [1.165, 1.54) is 5.56 Å². The van der Waals surface area contributed by atoms with Crippen LogP contribution in [0.1, 0.15) is 42.0 Å². The summed E-state index contributed by atoms with van der Waals surface area (Å²) in [6, 6.07) is 35.4. The van der Waals surface area contributed by atoms with Crippen molar-refractivity contribution in [3.63, 3.8) is 0 Å². The molecule has 0 fully saturated rings. The maximum atomic E-state index is 13.0. The summed E-state index contributed by atoms with van der Waals surface area (Å²) in [5.74, 6) is 1.07. The van der Waals surface area contributed by atoms with Crippen molar-refractivity contribution in [3.8, 4) is 11.8 Å². The maximum absolute atomic E-state index is 13.0. The second-order valence-corrected chi connectivity index (χ2v) is 9.26. The van der Waals surface area contributed by atoms with E-state index >= 15 is 0 Å². The summed E-state index contributed by atoms with van der Waals surface area (Å²) in [5.41, 5.74) is 5.44. The lowest BCUT2D eigenvalue weighted by atomic mass is 10.0. The third-order valence-corrected chi connectivity index (χ3v) is 6.06. The van der Waals surface area contributed by atoms with Crippen LogP contribution in [0.4, 0.5) is 11.4 Å². The molecule has 0 radical (unpaired) electrons. The number of benzene rings is 4. The van der Waals surface area contributed by atoms with Crippen molar-refractivity contribution in [2.24, 2.45) is 0 Å². The molecular formula is C32H31N3O2. The first kappa shape index (κ1) is 25.5. The van der Waals surface area contributed by atoms with E-state index < -0.39 is 0 Å². The van der Waals surface area contributed by atoms with E-state index in [0.29, 0.717) is 24.6 Å². The van der Waals surface area contributed by atoms with Gasteiger partial charge in [-0.25, -0.2) is 0 Å². The van der Waals surface area contributed by atoms with Crippen LogP contribution in [0.2, 0.25) is 0 Å². The maximum Gasteiger partial charge on any atom is 0.243 e. The second-order valence-electron chi connectivity index (χ2n) is 9.26. The lowest BCUT2D eigenvalue weighted by Crippen LogP contribution is -2.33. The van der Waals surface area contributed by atoms with Gasteiger partial charge < -0.3 is 15.0 Å². The topological polar surface area (TPSA) is 65.4 Å². The van der Waals surface area contributed by atoms with Gasteiger partial charge in [-0.2, -0.15) is 5.26 Å². The normalized spacial score (nSPS) is 10.5. The highest BCUT2D eigenvalue weighted by Gasteiger charge is 2.14. The van der Waals surface area contributed by atoms with E-state index in [9.17, 15) is 10.1 Å². The Hall–Kier alpha value is -4.56. The first-order valence-electron chi connectivity index (χ1n) is 12.4. The van der Waals surface area contributed by atoms with Crippen molar-refractivity contribution < 1.29 is 9.53 Å². The van der Waals surface area contributed by atoms with Crippen molar-refractivity contribution in [2.75, 3.05) is 16.8 Å². The Bertz CT molecular complexity index is 1360. The first-order valence-corrected chi connectivity index (χ1v) is 12.4. The minimum Gasteiger partial charge on any atom is -0.489 e. The smallest absolute Gasteiger partial charge is 0.243 e. The minimum atomic E-state index is -0.129. The van der Waals surface area contributed by atoms with Gasteiger partial charge in [-0.05, 0) is 65.1 Å². The van der Waals surface area contributed by atoms with Crippen LogP contribution in [-0.4, -0.2) is 12.5 Å². The number of anilines is 2. The van der Waals surface area contributed by atoms with Gasteiger partial charge >= 0.3 is 0 Å². The molecular weight excluding hydrogens is 458 g/mol. The number of ether oxygens (including phenoxy) is 1. The molecule has 0 aromatic heterocycles. The molecule has 0 atom stereocenters. The Labute approximate surface area is 218 Å². The monoisotopic (exact) mass is 489 g/mol. The van der Waals surface area contributed by atoms with Crippen molar-refractivity contribution >= 4 is 17.3 Å². The van der Waals surface area contributed by atoms with Crippen LogP contribution in [0.15, 0.2) is 103 Å². The Balaban J connectivity index is 1.49. The van der Waals surface area contributed by atoms with Gasteiger partial charge in [0.15, 0.2) is 0 Å². The molecule has 1 amide bonds. The molecule has 0 aliphatic rings. The van der Waals surface area contributed by atoms with Crippen molar-refractivity contribution in [1.29, 1.82) is 5.26 Å². The standard InChI is InChI=1S/C32H31N3O2/c1-24(2)28-14-16-29(17-15-28)34-32(36)22-35(30-12-6-10-26(18-30)20-33)21-27-11-7-13-31(19-27)37-23-25-8-4-3-5-9-25/h3-19,24H,21-23H2,1-2H3,(H,34,36). The number of nitriles is 1. The number of rotatable bonds is 10. The predicted molar refractivity (Wildman–Crippen MR) is 149 cm³/mol. The number of hydrogen-bond acceptors (Lipinski definition) is 4. The number of carbonyl (C=O) groups excluding carboxylic acids is 1. The largest absolute Gasteiger partial charge is 0.489 e. The van der Waals surface area contributed by atoms with Gasteiger partial charge in [0.1, 0.15) is 12.4 Å². The molecule has 0 unspecified atom stereocenters. The predicted octanol–water partition coefficient (Wildman–Crippen LogP) is 6.91. The van der Waals surface area contributed by atoms with Gasteiger partial charge in [0.2, 0.25) is 5.91 Å². The van der Waals surface area contributed by atoms with Crippen LogP contribution < -0.4 is 15.0 Å². The molecule has 0 bridgehead atoms. The molecule has 5 nitrogen and oxygen atoms in total. The number of amides is 1. The van der Waals surface area contributed by atoms with Crippen LogP contribution in [0.5, 0.6) is 5.75 Å². The number of nitrogens with one attached hydrogen (secondary N) is 1. The Kier molecular flexibility index (Phi) is 8.57. The van der Waals surface area contributed by atoms with Crippen LogP contribution in [0, 0.1) is 11.3 Å². The molecule has 0 saturated heterocycles. The van der Waals surface area contributed by atoms with Gasteiger partial charge in [-0.15, -0.1) is 0 Å². The fourth-order valence-electron chi connectivity index (χ4n) is 4.03. The van der Waals surface area contributed by atoms with Crippen molar-refractivity contribution in [2.45, 2.75) is 32.9 Å². The van der Waals surface area contributed by atoms with Crippen LogP contribution in [0.25, 0.3) is 0 Å². The molecule has 5 heteroatoms. The fraction of sp³-hybridized carbons (Fsp3) is 0.188. The third kappa shape index (κ3) is 7.46. The minimum absolute atomic E-state index is 0.129. The summed E-state index contributed by atoms with van der Waals surface area (Å²) in [7, 11) is 0. The van der Waals surface area contributed by atoms with Crippen LogP contribution in [-0.2, 0) is 17.9 Å². The summed E-state index contributed by atoms with van der Waals surface area (Å²) in [5, 5.41) is 12.4. The number of nitrogens with zero attached hydrogens (tertiary/aromatic N) is 2. The lowest BCUT2D eigenvalue weighted by molar-refractivity contribution is -0.115. The Morgan fingerprint density at radius 1 is 0.892 bits per heavy atom. The molecule has 0 aliphatic heterocycles. The summed E-state index contributed by atoms with van der Waals surface area (Å²) in [4.78, 5) is 15.0. The summed E-state index contributed by atoms with van der Waals surface area (Å²) >= 11 is 0. The molecule has 186 valence electrons. The highest BCUT2D eigenvalue weighted by molar-refractivity contribution is 5.94. The molecule has 4 rings (SSSR count). The second kappa shape index (κ2) is 12.4. The molecule has 0 aliphatic carbocycles. The summed E-state index contributed by atoms with van der Waals surface area (Å²) in [6.07, 6.45) is 0. The summed E-state index contributed by atoms with van der Waals surface area (Å²) < 4.78 is 6.00. The summed E-state index contributed by atoms with van der Waals surface area (Å²) in [6.45, 7) is 5.38. The molecule has 37 heavy (non-hydrogen) atoms. The lowest BCUT2D eigenvalue weighted by Gasteiger charge is -2.25. The zero-order chi connectivity index (χ0) is 26.0. The van der Waals surface area contributed by atoms with Gasteiger partial charge in [0.25, 0.3) is 0 Å². The number of carbonyl (C=O) groups is 1. The van der Waals surface area contributed by atoms with E-state index in [4.69, 9.17) is 4.74 Å². The van der Waals surface area contributed by atoms with Crippen LogP contribution >= 0.6 is 0 Å². The average Bonchev–Trinajstić information content (AvgIpc) is 2.92. The highest BCUT2D eigenvalue weighted by Crippen LogP contribution is 2.22. The van der Waals surface area contributed by atoms with Crippen molar-refractivity contribution in [1.82, 2.24) is 0 Å². The Morgan fingerprint density at radius 2 is 1.62 bits per heavy atom. The molecule has 4 aromatic rings. The fourth-order valence-corrected chi connectivity index (χ4v) is 4.03. The average molecular weight is 490 g/mol. The van der Waals surface area contributed by atoms with E-state index in [-0.39, 0.29) is 12.5 Å². The molecule has 0 heterocycles. The third-order valence-electron chi connectivity index (χ3n) is 6.06. The van der Waals surface area contributed by atoms with Gasteiger partial charge in [0.05, 0.1) is 18.2 Å². The van der Waals surface area contributed by atoms with E-state index in [1.54, 1.807) is 12.1 Å². The first-order chi connectivity index (χ1) is 18.0. The molecule has 0 spiro atoms. The SMILES string of the molecule is CC(C)c1ccc(NC(=O)CN(Cc2cccc(OCc3ccccc3)c2)c2cccc(C#N)c2)cc1. The Morgan fingerprint density at radius 3 is 2.35 bits per heavy atom. The molecule has 1 N–H and O–H groups in total. The van der Waals surface area contributed by atoms with Crippen molar-refractivity contribution in [3.05, 3.63) is 125 Å². The van der Waals surface area contributed by atoms with E-state index in [0.717, 1.165) is 28.3 Å². The molecule has 4 aromatic carbocycles. The molecule has 0 saturated carbocycles. The zero-order valence-corrected chi connectivity index (χ0v) is 21.2. The van der Waals surface area contributed by atoms with Gasteiger partial charge in [-0.3, -0.25) is 4.79 Å². The quantitative estimate of drug-likeness (QED) is 0.263. The van der Waals surface area contributed by atoms with Crippen LogP contribution in [0.3, 0.4) is 0 Å². The van der Waals surface area contributed by atoms with Gasteiger partial charge in [-0.1, -0.05) is 74.5 Å². The number of hydrogen-bond donors (Lipinski definition) is 1. The van der Waals surface area contributed by atoms with E-state index in [2.05, 4.69) is 25.2 Å². The van der Waals surface area contributed by atoms with E-state index in [1.807, 2.05) is 95.9 Å². The van der Waals surface area contributed by atoms with Gasteiger partial charge in [0, 0.05) is 17.9 Å². The highest BCUT2D eigenvalue weighted by atomic mass is 16.5.